The maximum absolute atomic E-state index is 13.0. The Hall–Kier alpha value is -2.75. The molecule has 0 saturated carbocycles. The summed E-state index contributed by atoms with van der Waals surface area (Å²) in [4.78, 5) is 14.5. The van der Waals surface area contributed by atoms with E-state index in [1.165, 1.54) is 18.1 Å². The molecule has 150 valence electrons. The Morgan fingerprint density at radius 3 is 2.32 bits per heavy atom. The third kappa shape index (κ3) is 2.88. The lowest BCUT2D eigenvalue weighted by Gasteiger charge is -2.26. The predicted molar refractivity (Wildman–Crippen MR) is 94.9 cm³/mol. The van der Waals surface area contributed by atoms with Gasteiger partial charge in [0.05, 0.1) is 7.11 Å². The van der Waals surface area contributed by atoms with Crippen molar-refractivity contribution in [1.29, 1.82) is 0 Å². The minimum absolute atomic E-state index is 0.187. The number of hydrogen-bond donors (Lipinski definition) is 0. The summed E-state index contributed by atoms with van der Waals surface area (Å²) < 4.78 is 70.2. The highest BCUT2D eigenvalue weighted by Crippen LogP contribution is 2.48. The Labute approximate surface area is 159 Å². The van der Waals surface area contributed by atoms with Crippen molar-refractivity contribution in [1.82, 2.24) is 0 Å². The van der Waals surface area contributed by atoms with Crippen LogP contribution in [0.3, 0.4) is 0 Å². The van der Waals surface area contributed by atoms with Gasteiger partial charge in [-0.25, -0.2) is 0 Å². The third-order valence-corrected chi connectivity index (χ3v) is 5.71. The van der Waals surface area contributed by atoms with Crippen molar-refractivity contribution in [3.8, 4) is 11.5 Å². The zero-order valence-electron chi connectivity index (χ0n) is 15.1. The van der Waals surface area contributed by atoms with E-state index in [-0.39, 0.29) is 17.2 Å². The second-order valence-electron chi connectivity index (χ2n) is 6.35. The van der Waals surface area contributed by atoms with Crippen molar-refractivity contribution < 1.29 is 35.3 Å². The lowest BCUT2D eigenvalue weighted by Crippen LogP contribution is -2.37. The highest BCUT2D eigenvalue weighted by atomic mass is 32.2. The van der Waals surface area contributed by atoms with Crippen LogP contribution in [0.2, 0.25) is 0 Å². The molecule has 1 atom stereocenters. The van der Waals surface area contributed by atoms with E-state index in [4.69, 9.17) is 4.74 Å². The number of hydrogen-bond acceptors (Lipinski definition) is 5. The normalized spacial score (nSPS) is 19.5. The number of rotatable bonds is 4. The number of alkyl halides is 3. The molecule has 2 aromatic rings. The molecule has 6 nitrogen and oxygen atoms in total. The first-order chi connectivity index (χ1) is 12.9. The molecule has 1 heterocycles. The van der Waals surface area contributed by atoms with Gasteiger partial charge in [0, 0.05) is 18.3 Å². The van der Waals surface area contributed by atoms with Crippen molar-refractivity contribution in [2.45, 2.75) is 17.8 Å². The molecule has 0 spiro atoms. The Morgan fingerprint density at radius 2 is 1.71 bits per heavy atom. The van der Waals surface area contributed by atoms with Gasteiger partial charge in [-0.3, -0.25) is 4.79 Å². The monoisotopic (exact) mass is 415 g/mol. The van der Waals surface area contributed by atoms with Crippen LogP contribution in [-0.2, 0) is 20.3 Å². The summed E-state index contributed by atoms with van der Waals surface area (Å²) in [6.07, 6.45) is 0. The van der Waals surface area contributed by atoms with Crippen LogP contribution < -0.4 is 13.8 Å². The van der Waals surface area contributed by atoms with Crippen LogP contribution in [0.25, 0.3) is 0 Å². The number of benzene rings is 2. The average Bonchev–Trinajstić information content (AvgIpc) is 2.83. The quantitative estimate of drug-likeness (QED) is 0.567. The third-order valence-electron chi connectivity index (χ3n) is 4.74. The summed E-state index contributed by atoms with van der Waals surface area (Å²) in [7, 11) is -2.94. The maximum Gasteiger partial charge on any atom is 0.534 e. The number of methoxy groups -OCH3 is 1. The van der Waals surface area contributed by atoms with Gasteiger partial charge in [-0.15, -0.1) is 0 Å². The van der Waals surface area contributed by atoms with Crippen molar-refractivity contribution >= 4 is 21.7 Å². The molecule has 3 rings (SSSR count). The van der Waals surface area contributed by atoms with Gasteiger partial charge in [0.1, 0.15) is 16.9 Å². The molecule has 1 aliphatic heterocycles. The van der Waals surface area contributed by atoms with E-state index in [1.807, 2.05) is 0 Å². The molecule has 2 aromatic carbocycles. The van der Waals surface area contributed by atoms with Gasteiger partial charge in [0.15, 0.2) is 0 Å². The van der Waals surface area contributed by atoms with E-state index < -0.39 is 26.8 Å². The molecule has 0 fully saturated rings. The van der Waals surface area contributed by atoms with E-state index in [2.05, 4.69) is 4.18 Å². The molecular formula is C18H16F3NO5S. The van der Waals surface area contributed by atoms with Gasteiger partial charge in [0.25, 0.3) is 0 Å². The molecule has 0 saturated heterocycles. The Bertz CT molecular complexity index is 1050. The maximum atomic E-state index is 13.0. The summed E-state index contributed by atoms with van der Waals surface area (Å²) in [5, 5.41) is 0. The van der Waals surface area contributed by atoms with Crippen LogP contribution in [0.4, 0.5) is 18.9 Å². The highest BCUT2D eigenvalue weighted by molar-refractivity contribution is 7.88. The highest BCUT2D eigenvalue weighted by Gasteiger charge is 2.50. The fraction of sp³-hybridized carbons (Fsp3) is 0.278. The zero-order valence-corrected chi connectivity index (χ0v) is 15.9. The first-order valence-corrected chi connectivity index (χ1v) is 9.41. The smallest absolute Gasteiger partial charge is 0.496 e. The molecule has 0 N–H and O–H groups in total. The first kappa shape index (κ1) is 20.0. The molecule has 28 heavy (non-hydrogen) atoms. The molecule has 0 bridgehead atoms. The van der Waals surface area contributed by atoms with Crippen LogP contribution in [-0.4, -0.2) is 34.0 Å². The largest absolute Gasteiger partial charge is 0.534 e. The minimum atomic E-state index is -5.85. The van der Waals surface area contributed by atoms with Gasteiger partial charge in [-0.05, 0) is 36.8 Å². The van der Waals surface area contributed by atoms with Crippen LogP contribution >= 0.6 is 0 Å². The molecule has 1 amide bonds. The number of fused-ring (bicyclic) bond motifs is 1. The van der Waals surface area contributed by atoms with Gasteiger partial charge in [-0.1, -0.05) is 18.2 Å². The van der Waals surface area contributed by atoms with Crippen molar-refractivity contribution in [3.05, 3.63) is 53.6 Å². The van der Waals surface area contributed by atoms with E-state index >= 15 is 0 Å². The summed E-state index contributed by atoms with van der Waals surface area (Å²) in [5.74, 6) is -0.713. The zero-order chi connectivity index (χ0) is 20.9. The topological polar surface area (TPSA) is 72.9 Å². The van der Waals surface area contributed by atoms with E-state index in [0.29, 0.717) is 11.3 Å². The summed E-state index contributed by atoms with van der Waals surface area (Å²) in [6, 6.07) is 10.3. The van der Waals surface area contributed by atoms with Gasteiger partial charge in [0.2, 0.25) is 5.91 Å². The molecule has 1 aliphatic rings. The second kappa shape index (κ2) is 6.40. The van der Waals surface area contributed by atoms with Crippen LogP contribution in [0.5, 0.6) is 11.5 Å². The standard InChI is InChI=1S/C18H16F3NO5S/c1-17(12-6-4-5-7-14(12)22(2)16(17)23)13-10-11(8-9-15(13)26-3)27-28(24,25)18(19,20)21/h4-10H,1-3H3. The van der Waals surface area contributed by atoms with Crippen LogP contribution in [0, 0.1) is 0 Å². The lowest BCUT2D eigenvalue weighted by molar-refractivity contribution is -0.121. The SMILES string of the molecule is COc1ccc(OS(=O)(=O)C(F)(F)F)cc1C1(C)C(=O)N(C)c2ccccc21. The number of carbonyl (C=O) groups is 1. The lowest BCUT2D eigenvalue weighted by atomic mass is 9.76. The van der Waals surface area contributed by atoms with E-state index in [9.17, 15) is 26.4 Å². The predicted octanol–water partition coefficient (Wildman–Crippen LogP) is 3.21. The fourth-order valence-corrected chi connectivity index (χ4v) is 3.76. The molecule has 0 radical (unpaired) electrons. The number of carbonyl (C=O) groups excluding carboxylic acids is 1. The minimum Gasteiger partial charge on any atom is -0.496 e. The number of ether oxygens (including phenoxy) is 1. The van der Waals surface area contributed by atoms with Gasteiger partial charge < -0.3 is 13.8 Å². The number of halogens is 3. The van der Waals surface area contributed by atoms with Gasteiger partial charge >= 0.3 is 15.6 Å². The number of anilines is 1. The average molecular weight is 415 g/mol. The summed E-state index contributed by atoms with van der Waals surface area (Å²) in [5.41, 5.74) is -5.46. The van der Waals surface area contributed by atoms with Crippen LogP contribution in [0.15, 0.2) is 42.5 Å². The number of likely N-dealkylation sites (N-methyl/N-ethyl adjacent to an activating group) is 1. The van der Waals surface area contributed by atoms with Crippen molar-refractivity contribution in [2.75, 3.05) is 19.1 Å². The number of amides is 1. The van der Waals surface area contributed by atoms with Crippen LogP contribution in [0.1, 0.15) is 18.1 Å². The fourth-order valence-electron chi connectivity index (χ4n) is 3.31. The number of nitrogens with zero attached hydrogens (tertiary/aromatic N) is 1. The van der Waals surface area contributed by atoms with Gasteiger partial charge in [-0.2, -0.15) is 21.6 Å². The van der Waals surface area contributed by atoms with Crippen molar-refractivity contribution in [2.24, 2.45) is 0 Å². The summed E-state index contributed by atoms with van der Waals surface area (Å²) >= 11 is 0. The van der Waals surface area contributed by atoms with E-state index in [1.54, 1.807) is 38.2 Å². The first-order valence-electron chi connectivity index (χ1n) is 8.00. The molecule has 0 aromatic heterocycles. The van der Waals surface area contributed by atoms with E-state index in [0.717, 1.165) is 12.1 Å². The number of para-hydroxylation sites is 1. The molecule has 10 heteroatoms. The second-order valence-corrected chi connectivity index (χ2v) is 7.89. The molecular weight excluding hydrogens is 399 g/mol. The Morgan fingerprint density at radius 1 is 1.07 bits per heavy atom. The summed E-state index contributed by atoms with van der Waals surface area (Å²) in [6.45, 7) is 1.59. The van der Waals surface area contributed by atoms with Crippen molar-refractivity contribution in [3.63, 3.8) is 0 Å². The molecule has 0 aliphatic carbocycles. The Kier molecular flexibility index (Phi) is 4.57. The Balaban J connectivity index is 2.18. The molecule has 1 unspecified atom stereocenters.